The number of hydrogen-bond acceptors (Lipinski definition) is 3. The topological polar surface area (TPSA) is 46.5 Å². The molecule has 0 atom stereocenters. The van der Waals surface area contributed by atoms with Crippen LogP contribution in [0.1, 0.15) is 56.7 Å². The second-order valence-electron chi connectivity index (χ2n) is 8.15. The van der Waals surface area contributed by atoms with Crippen LogP contribution >= 0.6 is 0 Å². The van der Waals surface area contributed by atoms with Crippen molar-refractivity contribution in [2.24, 2.45) is 0 Å². The third-order valence-electron chi connectivity index (χ3n) is 5.91. The number of nitrogens with one attached hydrogen (secondary N) is 1. The minimum atomic E-state index is 0.214. The van der Waals surface area contributed by atoms with Crippen molar-refractivity contribution in [3.05, 3.63) is 59.9 Å². The maximum Gasteiger partial charge on any atom is 0.237 e. The lowest BCUT2D eigenvalue weighted by Gasteiger charge is -2.35. The lowest BCUT2D eigenvalue weighted by Crippen LogP contribution is -2.45. The fraction of sp³-hybridized carbons (Fsp3) is 0.560. The molecule has 0 spiro atoms. The Bertz CT molecular complexity index is 738. The zero-order chi connectivity index (χ0) is 21.0. The van der Waals surface area contributed by atoms with Gasteiger partial charge in [-0.1, -0.05) is 49.6 Å². The van der Waals surface area contributed by atoms with Crippen molar-refractivity contribution in [3.63, 3.8) is 0 Å². The molecule has 0 bridgehead atoms. The van der Waals surface area contributed by atoms with Gasteiger partial charge < -0.3 is 19.5 Å². The molecule has 1 saturated carbocycles. The predicted molar refractivity (Wildman–Crippen MR) is 121 cm³/mol. The van der Waals surface area contributed by atoms with Crippen LogP contribution in [0, 0.1) is 0 Å². The molecule has 0 unspecified atom stereocenters. The van der Waals surface area contributed by atoms with Crippen LogP contribution in [0.4, 0.5) is 0 Å². The summed E-state index contributed by atoms with van der Waals surface area (Å²) in [5.74, 6) is 0.214. The van der Waals surface area contributed by atoms with Gasteiger partial charge in [-0.25, -0.2) is 0 Å². The molecule has 1 fully saturated rings. The van der Waals surface area contributed by atoms with E-state index in [0.717, 1.165) is 45.6 Å². The number of rotatable bonds is 12. The zero-order valence-electron chi connectivity index (χ0n) is 18.4. The van der Waals surface area contributed by atoms with Crippen LogP contribution < -0.4 is 5.32 Å². The smallest absolute Gasteiger partial charge is 0.237 e. The number of nitrogens with zero attached hydrogens (tertiary/aromatic N) is 2. The molecule has 0 aliphatic heterocycles. The molecule has 30 heavy (non-hydrogen) atoms. The van der Waals surface area contributed by atoms with Crippen LogP contribution in [-0.4, -0.2) is 47.7 Å². The molecule has 1 aromatic heterocycles. The Morgan fingerprint density at radius 1 is 1.13 bits per heavy atom. The highest BCUT2D eigenvalue weighted by Crippen LogP contribution is 2.24. The fourth-order valence-electron chi connectivity index (χ4n) is 4.26. The monoisotopic (exact) mass is 411 g/mol. The summed E-state index contributed by atoms with van der Waals surface area (Å²) in [6.45, 7) is 6.24. The van der Waals surface area contributed by atoms with Gasteiger partial charge >= 0.3 is 0 Å². The van der Waals surface area contributed by atoms with Gasteiger partial charge in [-0.15, -0.1) is 0 Å². The summed E-state index contributed by atoms with van der Waals surface area (Å²) in [6.07, 6.45) is 9.04. The highest BCUT2D eigenvalue weighted by atomic mass is 16.5. The second kappa shape index (κ2) is 12.6. The molecule has 5 nitrogen and oxygen atoms in total. The summed E-state index contributed by atoms with van der Waals surface area (Å²) >= 11 is 0. The summed E-state index contributed by atoms with van der Waals surface area (Å²) in [5.41, 5.74) is 2.48. The van der Waals surface area contributed by atoms with E-state index >= 15 is 0 Å². The largest absolute Gasteiger partial charge is 0.382 e. The van der Waals surface area contributed by atoms with Gasteiger partial charge in [0.25, 0.3) is 0 Å². The fourth-order valence-corrected chi connectivity index (χ4v) is 4.26. The number of benzene rings is 1. The first kappa shape index (κ1) is 22.6. The van der Waals surface area contributed by atoms with E-state index in [2.05, 4.69) is 57.4 Å². The standard InChI is InChI=1S/C25H37N3O2/c1-2-30-18-10-16-26-19-25(29)28(23-13-7-4-8-14-23)21-24-15-9-17-27(24)20-22-11-5-3-6-12-22/h3,5-6,9,11-12,15,17,23,26H,2,4,7-8,10,13-14,16,18-21H2,1H3. The van der Waals surface area contributed by atoms with Gasteiger partial charge in [0, 0.05) is 37.7 Å². The van der Waals surface area contributed by atoms with Crippen molar-refractivity contribution < 1.29 is 9.53 Å². The summed E-state index contributed by atoms with van der Waals surface area (Å²) in [5, 5.41) is 3.32. The summed E-state index contributed by atoms with van der Waals surface area (Å²) in [7, 11) is 0. The van der Waals surface area contributed by atoms with Gasteiger partial charge in [-0.3, -0.25) is 4.79 Å². The SMILES string of the molecule is CCOCCCNCC(=O)N(Cc1cccn1Cc1ccccc1)C1CCCCC1. The Labute approximate surface area is 181 Å². The molecule has 1 aliphatic rings. The molecule has 1 heterocycles. The summed E-state index contributed by atoms with van der Waals surface area (Å²) < 4.78 is 7.65. The highest BCUT2D eigenvalue weighted by molar-refractivity contribution is 5.78. The van der Waals surface area contributed by atoms with Gasteiger partial charge in [-0.05, 0) is 50.4 Å². The summed E-state index contributed by atoms with van der Waals surface area (Å²) in [6, 6.07) is 15.1. The first-order valence-electron chi connectivity index (χ1n) is 11.5. The maximum atomic E-state index is 13.2. The number of hydrogen-bond donors (Lipinski definition) is 1. The van der Waals surface area contributed by atoms with Crippen molar-refractivity contribution in [2.75, 3.05) is 26.3 Å². The molecule has 5 heteroatoms. The Kier molecular flexibility index (Phi) is 9.45. The van der Waals surface area contributed by atoms with E-state index in [1.807, 2.05) is 13.0 Å². The molecule has 0 radical (unpaired) electrons. The second-order valence-corrected chi connectivity index (χ2v) is 8.15. The number of aromatic nitrogens is 1. The summed E-state index contributed by atoms with van der Waals surface area (Å²) in [4.78, 5) is 15.3. The van der Waals surface area contributed by atoms with Crippen LogP contribution in [-0.2, 0) is 22.6 Å². The van der Waals surface area contributed by atoms with E-state index in [9.17, 15) is 4.79 Å². The van der Waals surface area contributed by atoms with Crippen molar-refractivity contribution >= 4 is 5.91 Å². The van der Waals surface area contributed by atoms with Crippen molar-refractivity contribution in [2.45, 2.75) is 64.6 Å². The molecule has 1 N–H and O–H groups in total. The van der Waals surface area contributed by atoms with Gasteiger partial charge in [0.2, 0.25) is 5.91 Å². The molecule has 1 aliphatic carbocycles. The minimum absolute atomic E-state index is 0.214. The average molecular weight is 412 g/mol. The van der Waals surface area contributed by atoms with Gasteiger partial charge in [0.05, 0.1) is 13.1 Å². The molecule has 164 valence electrons. The molecule has 1 aromatic carbocycles. The van der Waals surface area contributed by atoms with Crippen LogP contribution in [0.15, 0.2) is 48.7 Å². The maximum absolute atomic E-state index is 13.2. The number of carbonyl (C=O) groups is 1. The van der Waals surface area contributed by atoms with E-state index in [0.29, 0.717) is 19.1 Å². The van der Waals surface area contributed by atoms with E-state index in [4.69, 9.17) is 4.74 Å². The number of ether oxygens (including phenoxy) is 1. The first-order valence-corrected chi connectivity index (χ1v) is 11.5. The number of amides is 1. The molecule has 1 amide bonds. The first-order chi connectivity index (χ1) is 14.8. The molecule has 3 rings (SSSR count). The molecular formula is C25H37N3O2. The van der Waals surface area contributed by atoms with Crippen molar-refractivity contribution in [1.82, 2.24) is 14.8 Å². The lowest BCUT2D eigenvalue weighted by molar-refractivity contribution is -0.134. The van der Waals surface area contributed by atoms with Crippen molar-refractivity contribution in [3.8, 4) is 0 Å². The van der Waals surface area contributed by atoms with Crippen LogP contribution in [0.25, 0.3) is 0 Å². The highest BCUT2D eigenvalue weighted by Gasteiger charge is 2.26. The van der Waals surface area contributed by atoms with Gasteiger partial charge in [0.15, 0.2) is 0 Å². The Morgan fingerprint density at radius 2 is 1.93 bits per heavy atom. The van der Waals surface area contributed by atoms with Gasteiger partial charge in [0.1, 0.15) is 0 Å². The van der Waals surface area contributed by atoms with E-state index < -0.39 is 0 Å². The quantitative estimate of drug-likeness (QED) is 0.532. The van der Waals surface area contributed by atoms with Gasteiger partial charge in [-0.2, -0.15) is 0 Å². The van der Waals surface area contributed by atoms with Crippen LogP contribution in [0.3, 0.4) is 0 Å². The molecular weight excluding hydrogens is 374 g/mol. The van der Waals surface area contributed by atoms with Crippen LogP contribution in [0.2, 0.25) is 0 Å². The number of carbonyl (C=O) groups excluding carboxylic acids is 1. The average Bonchev–Trinajstić information content (AvgIpc) is 3.22. The molecule has 2 aromatic rings. The zero-order valence-corrected chi connectivity index (χ0v) is 18.4. The Balaban J connectivity index is 1.61. The third-order valence-corrected chi connectivity index (χ3v) is 5.91. The third kappa shape index (κ3) is 6.99. The normalized spacial score (nSPS) is 14.7. The van der Waals surface area contributed by atoms with Crippen LogP contribution in [0.5, 0.6) is 0 Å². The van der Waals surface area contributed by atoms with E-state index in [-0.39, 0.29) is 5.91 Å². The van der Waals surface area contributed by atoms with E-state index in [1.54, 1.807) is 0 Å². The minimum Gasteiger partial charge on any atom is -0.382 e. The Morgan fingerprint density at radius 3 is 2.70 bits per heavy atom. The lowest BCUT2D eigenvalue weighted by atomic mass is 9.94. The van der Waals surface area contributed by atoms with E-state index in [1.165, 1.54) is 30.5 Å². The molecule has 0 saturated heterocycles. The van der Waals surface area contributed by atoms with Crippen molar-refractivity contribution in [1.29, 1.82) is 0 Å². The Hall–Kier alpha value is -2.11. The predicted octanol–water partition coefficient (Wildman–Crippen LogP) is 4.21.